The average Bonchev–Trinajstić information content (AvgIpc) is 2.51. The summed E-state index contributed by atoms with van der Waals surface area (Å²) in [4.78, 5) is 5.37. The van der Waals surface area contributed by atoms with Gasteiger partial charge < -0.3 is 15.4 Å². The van der Waals surface area contributed by atoms with E-state index in [4.69, 9.17) is 10.5 Å². The van der Waals surface area contributed by atoms with Gasteiger partial charge in [0, 0.05) is 24.7 Å². The fourth-order valence-electron chi connectivity index (χ4n) is 5.01. The van der Waals surface area contributed by atoms with Gasteiger partial charge in [-0.05, 0) is 70.4 Å². The van der Waals surface area contributed by atoms with E-state index in [-0.39, 0.29) is 0 Å². The van der Waals surface area contributed by atoms with Crippen molar-refractivity contribution >= 4 is 0 Å². The normalized spacial score (nSPS) is 41.1. The highest BCUT2D eigenvalue weighted by Gasteiger charge is 2.39. The second kappa shape index (κ2) is 8.03. The molecule has 3 saturated heterocycles. The third-order valence-corrected chi connectivity index (χ3v) is 7.42. The minimum absolute atomic E-state index is 0.341. The highest BCUT2D eigenvalue weighted by molar-refractivity contribution is 4.93. The topological polar surface area (TPSA) is 41.7 Å². The van der Waals surface area contributed by atoms with Gasteiger partial charge in [-0.15, -0.1) is 0 Å². The standard InChI is InChI=1S/C20H39N3O/c1-14-6-5-8-22(16(14)3)9-7-20(21)18-10-15(2)17(4)23(11-18)19-12-24-13-19/h14-20H,5-13,21H2,1-4H3/t14-,15-,16+,17+,18?,20?/m0/s1. The third kappa shape index (κ3) is 3.98. The Morgan fingerprint density at radius 1 is 1.08 bits per heavy atom. The van der Waals surface area contributed by atoms with Crippen LogP contribution in [0.15, 0.2) is 0 Å². The summed E-state index contributed by atoms with van der Waals surface area (Å²) >= 11 is 0. The minimum Gasteiger partial charge on any atom is -0.378 e. The zero-order valence-corrected chi connectivity index (χ0v) is 16.3. The maximum atomic E-state index is 6.69. The smallest absolute Gasteiger partial charge is 0.0645 e. The van der Waals surface area contributed by atoms with Crippen molar-refractivity contribution in [3.05, 3.63) is 0 Å². The molecule has 6 atom stereocenters. The van der Waals surface area contributed by atoms with Crippen LogP contribution in [-0.2, 0) is 4.74 Å². The third-order valence-electron chi connectivity index (χ3n) is 7.42. The fraction of sp³-hybridized carbons (Fsp3) is 1.00. The first-order valence-corrected chi connectivity index (χ1v) is 10.3. The zero-order valence-electron chi connectivity index (χ0n) is 16.3. The fourth-order valence-corrected chi connectivity index (χ4v) is 5.01. The Morgan fingerprint density at radius 2 is 1.83 bits per heavy atom. The molecule has 0 aliphatic carbocycles. The molecule has 3 rings (SSSR count). The lowest BCUT2D eigenvalue weighted by atomic mass is 9.79. The SMILES string of the molecule is C[C@@H]1[C@@H](C)CCCN1CCC(N)C1C[C@H](C)[C@@H](C)N(C2COC2)C1. The number of nitrogens with zero attached hydrogens (tertiary/aromatic N) is 2. The predicted octanol–water partition coefficient (Wildman–Crippen LogP) is 2.57. The van der Waals surface area contributed by atoms with Crippen LogP contribution in [0.25, 0.3) is 0 Å². The summed E-state index contributed by atoms with van der Waals surface area (Å²) in [5.74, 6) is 2.22. The molecule has 0 aromatic rings. The van der Waals surface area contributed by atoms with Crippen LogP contribution in [-0.4, -0.2) is 66.8 Å². The van der Waals surface area contributed by atoms with Crippen LogP contribution in [0, 0.1) is 17.8 Å². The maximum absolute atomic E-state index is 6.69. The zero-order chi connectivity index (χ0) is 17.3. The molecule has 0 aromatic carbocycles. The lowest BCUT2D eigenvalue weighted by Crippen LogP contribution is -2.60. The average molecular weight is 338 g/mol. The van der Waals surface area contributed by atoms with Gasteiger partial charge in [-0.1, -0.05) is 13.8 Å². The van der Waals surface area contributed by atoms with Gasteiger partial charge in [0.2, 0.25) is 0 Å². The molecule has 3 heterocycles. The van der Waals surface area contributed by atoms with Crippen molar-refractivity contribution in [1.82, 2.24) is 9.80 Å². The van der Waals surface area contributed by atoms with Crippen LogP contribution in [0.2, 0.25) is 0 Å². The van der Waals surface area contributed by atoms with E-state index in [1.54, 1.807) is 0 Å². The van der Waals surface area contributed by atoms with E-state index in [2.05, 4.69) is 37.5 Å². The summed E-state index contributed by atoms with van der Waals surface area (Å²) in [6, 6.07) is 2.37. The summed E-state index contributed by atoms with van der Waals surface area (Å²) in [5.41, 5.74) is 6.69. The van der Waals surface area contributed by atoms with Crippen molar-refractivity contribution < 1.29 is 4.74 Å². The van der Waals surface area contributed by atoms with Gasteiger partial charge in [-0.3, -0.25) is 4.90 Å². The van der Waals surface area contributed by atoms with Crippen LogP contribution >= 0.6 is 0 Å². The summed E-state index contributed by atoms with van der Waals surface area (Å²) < 4.78 is 5.44. The van der Waals surface area contributed by atoms with Gasteiger partial charge in [0.1, 0.15) is 0 Å². The molecule has 0 radical (unpaired) electrons. The molecule has 24 heavy (non-hydrogen) atoms. The number of piperidine rings is 2. The summed E-state index contributed by atoms with van der Waals surface area (Å²) in [6.07, 6.45) is 5.19. The Labute approximate surface area is 149 Å². The number of hydrogen-bond acceptors (Lipinski definition) is 4. The Morgan fingerprint density at radius 3 is 2.50 bits per heavy atom. The number of likely N-dealkylation sites (tertiary alicyclic amines) is 2. The van der Waals surface area contributed by atoms with Crippen LogP contribution in [0.4, 0.5) is 0 Å². The lowest BCUT2D eigenvalue weighted by Gasteiger charge is -2.50. The van der Waals surface area contributed by atoms with Gasteiger partial charge in [0.15, 0.2) is 0 Å². The summed E-state index contributed by atoms with van der Waals surface area (Å²) in [7, 11) is 0. The molecule has 4 heteroatoms. The van der Waals surface area contributed by atoms with Gasteiger partial charge >= 0.3 is 0 Å². The predicted molar refractivity (Wildman–Crippen MR) is 100 cm³/mol. The first-order chi connectivity index (χ1) is 11.5. The molecule has 2 unspecified atom stereocenters. The first kappa shape index (κ1) is 18.6. The van der Waals surface area contributed by atoms with E-state index in [0.717, 1.165) is 37.5 Å². The minimum atomic E-state index is 0.341. The molecule has 0 bridgehead atoms. The largest absolute Gasteiger partial charge is 0.378 e. The number of ether oxygens (including phenoxy) is 1. The van der Waals surface area contributed by atoms with Crippen molar-refractivity contribution in [2.45, 2.75) is 77.5 Å². The van der Waals surface area contributed by atoms with Crippen molar-refractivity contribution in [1.29, 1.82) is 0 Å². The van der Waals surface area contributed by atoms with Crippen LogP contribution in [0.5, 0.6) is 0 Å². The van der Waals surface area contributed by atoms with Gasteiger partial charge in [-0.25, -0.2) is 0 Å². The Bertz CT molecular complexity index is 400. The quantitative estimate of drug-likeness (QED) is 0.837. The maximum Gasteiger partial charge on any atom is 0.0645 e. The van der Waals surface area contributed by atoms with Crippen molar-refractivity contribution in [2.75, 3.05) is 32.8 Å². The number of hydrogen-bond donors (Lipinski definition) is 1. The highest BCUT2D eigenvalue weighted by atomic mass is 16.5. The first-order valence-electron chi connectivity index (χ1n) is 10.3. The number of rotatable bonds is 5. The van der Waals surface area contributed by atoms with E-state index in [0.29, 0.717) is 24.0 Å². The second-order valence-electron chi connectivity index (χ2n) is 8.95. The van der Waals surface area contributed by atoms with Crippen molar-refractivity contribution in [2.24, 2.45) is 23.5 Å². The van der Waals surface area contributed by atoms with Gasteiger partial charge in [0.05, 0.1) is 19.3 Å². The summed E-state index contributed by atoms with van der Waals surface area (Å²) in [5, 5.41) is 0. The number of nitrogens with two attached hydrogens (primary N) is 1. The molecular weight excluding hydrogens is 298 g/mol. The van der Waals surface area contributed by atoms with Gasteiger partial charge in [-0.2, -0.15) is 0 Å². The molecule has 4 nitrogen and oxygen atoms in total. The van der Waals surface area contributed by atoms with Gasteiger partial charge in [0.25, 0.3) is 0 Å². The molecule has 0 aromatic heterocycles. The molecule has 0 saturated carbocycles. The van der Waals surface area contributed by atoms with Crippen molar-refractivity contribution in [3.8, 4) is 0 Å². The van der Waals surface area contributed by atoms with E-state index < -0.39 is 0 Å². The molecule has 3 fully saturated rings. The molecular formula is C20H39N3O. The van der Waals surface area contributed by atoms with E-state index in [1.165, 1.54) is 38.9 Å². The second-order valence-corrected chi connectivity index (χ2v) is 8.95. The monoisotopic (exact) mass is 337 g/mol. The van der Waals surface area contributed by atoms with Crippen LogP contribution in [0.3, 0.4) is 0 Å². The summed E-state index contributed by atoms with van der Waals surface area (Å²) in [6.45, 7) is 15.1. The molecule has 3 aliphatic rings. The highest BCUT2D eigenvalue weighted by Crippen LogP contribution is 2.32. The molecule has 0 amide bonds. The molecule has 0 spiro atoms. The lowest BCUT2D eigenvalue weighted by molar-refractivity contribution is -0.103. The van der Waals surface area contributed by atoms with Crippen molar-refractivity contribution in [3.63, 3.8) is 0 Å². The Kier molecular flexibility index (Phi) is 6.23. The molecule has 3 aliphatic heterocycles. The van der Waals surface area contributed by atoms with E-state index in [9.17, 15) is 0 Å². The Balaban J connectivity index is 1.51. The van der Waals surface area contributed by atoms with Crippen LogP contribution < -0.4 is 5.73 Å². The molecule has 140 valence electrons. The Hall–Kier alpha value is -0.160. The van der Waals surface area contributed by atoms with E-state index in [1.807, 2.05) is 0 Å². The van der Waals surface area contributed by atoms with Crippen LogP contribution in [0.1, 0.15) is 53.4 Å². The van der Waals surface area contributed by atoms with E-state index >= 15 is 0 Å². The molecule has 2 N–H and O–H groups in total.